The van der Waals surface area contributed by atoms with Gasteiger partial charge >= 0.3 is 0 Å². The van der Waals surface area contributed by atoms with Crippen LogP contribution in [0.15, 0.2) is 17.8 Å². The number of amides is 1. The van der Waals surface area contributed by atoms with Gasteiger partial charge in [-0.25, -0.2) is 0 Å². The standard InChI is InChI=1S/C16H20N2O2S/c1-4-5-6-18-15(20)13(17-16(18)21)9-12-7-10(2)11(3)8-14(12)19/h7-9,19H,4-6H2,1-3H3,(H,17,21). The maximum Gasteiger partial charge on any atom is 0.276 e. The van der Waals surface area contributed by atoms with Crippen molar-refractivity contribution < 1.29 is 9.90 Å². The zero-order valence-electron chi connectivity index (χ0n) is 12.6. The molecule has 1 aliphatic heterocycles. The van der Waals surface area contributed by atoms with Crippen LogP contribution < -0.4 is 5.32 Å². The van der Waals surface area contributed by atoms with Crippen LogP contribution in [0.4, 0.5) is 0 Å². The Labute approximate surface area is 130 Å². The van der Waals surface area contributed by atoms with Crippen molar-refractivity contribution in [1.82, 2.24) is 10.2 Å². The number of phenolic OH excluding ortho intramolecular Hbond substituents is 1. The number of nitrogens with one attached hydrogen (secondary N) is 1. The molecule has 21 heavy (non-hydrogen) atoms. The van der Waals surface area contributed by atoms with Gasteiger partial charge in [0.2, 0.25) is 0 Å². The molecular weight excluding hydrogens is 284 g/mol. The lowest BCUT2D eigenvalue weighted by atomic mass is 10.0. The highest BCUT2D eigenvalue weighted by Crippen LogP contribution is 2.25. The first-order valence-electron chi connectivity index (χ1n) is 7.08. The van der Waals surface area contributed by atoms with Crippen LogP contribution in [0.3, 0.4) is 0 Å². The van der Waals surface area contributed by atoms with Gasteiger partial charge in [-0.05, 0) is 61.8 Å². The fourth-order valence-electron chi connectivity index (χ4n) is 2.19. The molecule has 1 aliphatic rings. The smallest absolute Gasteiger partial charge is 0.276 e. The average Bonchev–Trinajstić information content (AvgIpc) is 2.69. The molecule has 5 heteroatoms. The van der Waals surface area contributed by atoms with E-state index in [0.29, 0.717) is 22.9 Å². The number of rotatable bonds is 4. The van der Waals surface area contributed by atoms with Crippen molar-refractivity contribution in [2.45, 2.75) is 33.6 Å². The van der Waals surface area contributed by atoms with Crippen LogP contribution in [-0.2, 0) is 4.79 Å². The van der Waals surface area contributed by atoms with Gasteiger partial charge in [0.1, 0.15) is 11.4 Å². The van der Waals surface area contributed by atoms with E-state index in [0.717, 1.165) is 24.0 Å². The van der Waals surface area contributed by atoms with Crippen molar-refractivity contribution in [2.75, 3.05) is 6.54 Å². The Kier molecular flexibility index (Phi) is 4.63. The molecule has 0 unspecified atom stereocenters. The van der Waals surface area contributed by atoms with Gasteiger partial charge in [-0.3, -0.25) is 9.69 Å². The summed E-state index contributed by atoms with van der Waals surface area (Å²) >= 11 is 5.19. The molecule has 1 aromatic rings. The number of unbranched alkanes of at least 4 members (excludes halogenated alkanes) is 1. The number of carbonyl (C=O) groups is 1. The number of aromatic hydroxyl groups is 1. The number of aryl methyl sites for hydroxylation is 2. The molecule has 0 bridgehead atoms. The van der Waals surface area contributed by atoms with Crippen LogP contribution in [0.25, 0.3) is 6.08 Å². The van der Waals surface area contributed by atoms with Crippen molar-refractivity contribution in [3.63, 3.8) is 0 Å². The van der Waals surface area contributed by atoms with Gasteiger partial charge in [-0.1, -0.05) is 13.3 Å². The summed E-state index contributed by atoms with van der Waals surface area (Å²) in [5, 5.41) is 13.4. The largest absolute Gasteiger partial charge is 0.507 e. The first-order valence-corrected chi connectivity index (χ1v) is 7.49. The summed E-state index contributed by atoms with van der Waals surface area (Å²) in [6, 6.07) is 3.57. The summed E-state index contributed by atoms with van der Waals surface area (Å²) in [5.41, 5.74) is 3.11. The maximum absolute atomic E-state index is 12.3. The van der Waals surface area contributed by atoms with Crippen molar-refractivity contribution in [1.29, 1.82) is 0 Å². The minimum Gasteiger partial charge on any atom is -0.507 e. The minimum atomic E-state index is -0.133. The summed E-state index contributed by atoms with van der Waals surface area (Å²) in [4.78, 5) is 13.9. The summed E-state index contributed by atoms with van der Waals surface area (Å²) in [5.74, 6) is 0.0317. The lowest BCUT2D eigenvalue weighted by Gasteiger charge is -2.12. The van der Waals surface area contributed by atoms with E-state index in [1.807, 2.05) is 19.9 Å². The van der Waals surface area contributed by atoms with Gasteiger partial charge in [0.05, 0.1) is 0 Å². The second kappa shape index (κ2) is 6.26. The SMILES string of the molecule is CCCCN1C(=O)C(=Cc2cc(C)c(C)cc2O)NC1=S. The highest BCUT2D eigenvalue weighted by Gasteiger charge is 2.30. The van der Waals surface area contributed by atoms with Crippen LogP contribution in [-0.4, -0.2) is 27.6 Å². The van der Waals surface area contributed by atoms with Crippen LogP contribution in [0, 0.1) is 13.8 Å². The molecule has 112 valence electrons. The number of nitrogens with zero attached hydrogens (tertiary/aromatic N) is 1. The molecule has 1 amide bonds. The average molecular weight is 304 g/mol. The Morgan fingerprint density at radius 1 is 1.33 bits per heavy atom. The molecule has 0 saturated carbocycles. The highest BCUT2D eigenvalue weighted by molar-refractivity contribution is 7.80. The molecule has 0 atom stereocenters. The Morgan fingerprint density at radius 3 is 2.67 bits per heavy atom. The van der Waals surface area contributed by atoms with E-state index < -0.39 is 0 Å². The fourth-order valence-corrected chi connectivity index (χ4v) is 2.47. The second-order valence-corrected chi connectivity index (χ2v) is 5.68. The molecule has 0 radical (unpaired) electrons. The second-order valence-electron chi connectivity index (χ2n) is 5.29. The molecule has 1 saturated heterocycles. The first kappa shape index (κ1) is 15.5. The highest BCUT2D eigenvalue weighted by atomic mass is 32.1. The minimum absolute atomic E-state index is 0.133. The Balaban J connectivity index is 2.28. The van der Waals surface area contributed by atoms with Crippen molar-refractivity contribution in [3.05, 3.63) is 34.5 Å². The molecule has 2 N–H and O–H groups in total. The van der Waals surface area contributed by atoms with Gasteiger partial charge in [0.15, 0.2) is 5.11 Å². The Hall–Kier alpha value is -1.88. The predicted octanol–water partition coefficient (Wildman–Crippen LogP) is 2.87. The predicted molar refractivity (Wildman–Crippen MR) is 87.9 cm³/mol. The number of carbonyl (C=O) groups excluding carboxylic acids is 1. The zero-order valence-corrected chi connectivity index (χ0v) is 13.4. The quantitative estimate of drug-likeness (QED) is 0.663. The molecule has 1 fully saturated rings. The van der Waals surface area contributed by atoms with Crippen molar-refractivity contribution in [2.24, 2.45) is 0 Å². The third kappa shape index (κ3) is 3.24. The number of thiocarbonyl (C=S) groups is 1. The van der Waals surface area contributed by atoms with Crippen LogP contribution in [0.1, 0.15) is 36.5 Å². The number of benzene rings is 1. The first-order chi connectivity index (χ1) is 9.93. The van der Waals surface area contributed by atoms with Gasteiger partial charge in [-0.2, -0.15) is 0 Å². The van der Waals surface area contributed by atoms with E-state index in [1.54, 1.807) is 17.0 Å². The third-order valence-electron chi connectivity index (χ3n) is 3.64. The van der Waals surface area contributed by atoms with E-state index in [4.69, 9.17) is 12.2 Å². The number of phenols is 1. The van der Waals surface area contributed by atoms with Gasteiger partial charge in [-0.15, -0.1) is 0 Å². The molecule has 1 aromatic carbocycles. The van der Waals surface area contributed by atoms with E-state index in [-0.39, 0.29) is 11.7 Å². The summed E-state index contributed by atoms with van der Waals surface area (Å²) in [6.45, 7) is 6.60. The van der Waals surface area contributed by atoms with E-state index in [9.17, 15) is 9.90 Å². The van der Waals surface area contributed by atoms with Crippen LogP contribution in [0.2, 0.25) is 0 Å². The fraction of sp³-hybridized carbons (Fsp3) is 0.375. The van der Waals surface area contributed by atoms with E-state index in [2.05, 4.69) is 12.2 Å². The van der Waals surface area contributed by atoms with Crippen molar-refractivity contribution >= 4 is 29.3 Å². The topological polar surface area (TPSA) is 52.6 Å². The number of hydrogen-bond donors (Lipinski definition) is 2. The third-order valence-corrected chi connectivity index (χ3v) is 3.96. The van der Waals surface area contributed by atoms with Gasteiger partial charge in [0.25, 0.3) is 5.91 Å². The van der Waals surface area contributed by atoms with Crippen LogP contribution >= 0.6 is 12.2 Å². The Morgan fingerprint density at radius 2 is 2.00 bits per heavy atom. The summed E-state index contributed by atoms with van der Waals surface area (Å²) in [7, 11) is 0. The Bertz CT molecular complexity index is 623. The number of hydrogen-bond acceptors (Lipinski definition) is 3. The monoisotopic (exact) mass is 304 g/mol. The lowest BCUT2D eigenvalue weighted by molar-refractivity contribution is -0.122. The molecule has 2 rings (SSSR count). The molecule has 0 aliphatic carbocycles. The van der Waals surface area contributed by atoms with E-state index in [1.165, 1.54) is 0 Å². The molecular formula is C16H20N2O2S. The van der Waals surface area contributed by atoms with Crippen molar-refractivity contribution in [3.8, 4) is 5.75 Å². The zero-order chi connectivity index (χ0) is 15.6. The normalized spacial score (nSPS) is 16.7. The molecule has 0 aromatic heterocycles. The van der Waals surface area contributed by atoms with E-state index >= 15 is 0 Å². The maximum atomic E-state index is 12.3. The van der Waals surface area contributed by atoms with Gasteiger partial charge in [0, 0.05) is 12.1 Å². The molecule has 1 heterocycles. The lowest BCUT2D eigenvalue weighted by Crippen LogP contribution is -2.31. The van der Waals surface area contributed by atoms with Crippen LogP contribution in [0.5, 0.6) is 5.75 Å². The molecule has 0 spiro atoms. The molecule has 4 nitrogen and oxygen atoms in total. The summed E-state index contributed by atoms with van der Waals surface area (Å²) in [6.07, 6.45) is 3.57. The van der Waals surface area contributed by atoms with Gasteiger partial charge < -0.3 is 10.4 Å². The summed E-state index contributed by atoms with van der Waals surface area (Å²) < 4.78 is 0.